The summed E-state index contributed by atoms with van der Waals surface area (Å²) in [6.45, 7) is 4.60. The van der Waals surface area contributed by atoms with E-state index in [0.29, 0.717) is 0 Å². The number of para-hydroxylation sites is 2. The number of carboxylic acid groups (broad SMARTS) is 3. The van der Waals surface area contributed by atoms with Crippen molar-refractivity contribution < 1.29 is 131 Å². The predicted molar refractivity (Wildman–Crippen MR) is 346 cm³/mol. The Morgan fingerprint density at radius 2 is 0.747 bits per heavy atom. The van der Waals surface area contributed by atoms with E-state index in [0.717, 1.165) is 11.0 Å². The van der Waals surface area contributed by atoms with Crippen LogP contribution in [0.25, 0.3) is 68.0 Å². The molecule has 0 bridgehead atoms. The van der Waals surface area contributed by atoms with Crippen molar-refractivity contribution in [3.05, 3.63) is 134 Å². The number of benzene rings is 4. The molecule has 2 heterocycles. The number of aliphatic hydroxyl groups is 1. The monoisotopic (exact) mass is 1640 g/mol. The molecule has 4 aromatic carbocycles. The van der Waals surface area contributed by atoms with Gasteiger partial charge >= 0.3 is 92.2 Å². The van der Waals surface area contributed by atoms with Crippen molar-refractivity contribution in [1.29, 1.82) is 0 Å². The number of rotatable bonds is 17. The van der Waals surface area contributed by atoms with Gasteiger partial charge in [-0.25, -0.2) is 9.59 Å². The number of nitrogens with two attached hydrogens (primary N) is 4. The molecule has 0 fully saturated rings. The first-order valence-corrected chi connectivity index (χ1v) is 27.0. The van der Waals surface area contributed by atoms with Gasteiger partial charge in [0.15, 0.2) is 36.0 Å². The number of hydrogen-bond acceptors (Lipinski definition) is 16. The van der Waals surface area contributed by atoms with Gasteiger partial charge in [-0.2, -0.15) is 0 Å². The van der Waals surface area contributed by atoms with Crippen LogP contribution in [-0.4, -0.2) is 141 Å². The van der Waals surface area contributed by atoms with E-state index in [4.69, 9.17) is 34.6 Å². The van der Waals surface area contributed by atoms with Gasteiger partial charge in [0, 0.05) is 48.2 Å². The Kier molecular flexibility index (Phi) is 94.5. The number of aliphatic carboxylic acids is 3. The molecule has 0 radical (unpaired) electrons. The summed E-state index contributed by atoms with van der Waals surface area (Å²) in [6.07, 6.45) is -1.28. The second kappa shape index (κ2) is 69.1. The maximum Gasteiger partial charge on any atom is 0.0708 e. The number of ether oxygens (including phenoxy) is 5. The molecule has 6 aromatic rings. The third-order valence-corrected chi connectivity index (χ3v) is 9.48. The Morgan fingerprint density at radius 3 is 1.03 bits per heavy atom. The average molecular weight is 1650 g/mol. The minimum atomic E-state index is -1.16. The average Bonchev–Trinajstić information content (AvgIpc) is 3.39. The van der Waals surface area contributed by atoms with Crippen molar-refractivity contribution in [2.45, 2.75) is 137 Å². The molecule has 0 amide bonds. The summed E-state index contributed by atoms with van der Waals surface area (Å²) in [5.41, 5.74) is 2.12. The summed E-state index contributed by atoms with van der Waals surface area (Å²) in [5.74, 6) is -6.18. The van der Waals surface area contributed by atoms with E-state index in [1.165, 1.54) is 74.2 Å². The van der Waals surface area contributed by atoms with Crippen LogP contribution in [0.1, 0.15) is 113 Å². The third kappa shape index (κ3) is 47.7. The molecule has 0 saturated heterocycles. The fourth-order valence-electron chi connectivity index (χ4n) is 5.42. The summed E-state index contributed by atoms with van der Waals surface area (Å²) in [6, 6.07) is 33.1. The number of halogens is 2. The number of aliphatic hydroxyl groups excluding tert-OH is 1. The molecule has 29 heteroatoms. The molecule has 4 unspecified atom stereocenters. The van der Waals surface area contributed by atoms with Crippen LogP contribution in [0.4, 0.5) is 0 Å². The molecular weight excluding hydrogens is 1550 g/mol. The number of ketones is 2. The van der Waals surface area contributed by atoms with E-state index in [-0.39, 0.29) is 132 Å². The minimum absolute atomic E-state index is 0. The molecule has 0 aliphatic heterocycles. The van der Waals surface area contributed by atoms with Crippen molar-refractivity contribution >= 4 is 110 Å². The Bertz CT molecular complexity index is 2480. The van der Waals surface area contributed by atoms with Crippen LogP contribution in [0.5, 0.6) is 0 Å². The fraction of sp³-hybridized carbons (Fsp3) is 0.414. The molecule has 514 valence electrons. The first kappa shape index (κ1) is 119. The topological polar surface area (TPSA) is 486 Å². The van der Waals surface area contributed by atoms with Gasteiger partial charge in [-0.3, -0.25) is 38.7 Å². The SMILES string of the molecule is C.C.C.C.C.C.C.C.COC(CO)C(=O)OC(C)C(C)=O.COC(COC(=O)CCC(=O)O)C(=O)OC(C)C(C)=O.O.O.O=C(O)CCC(=O)O.[Cl][Pt].[Cl][Pt].[NH2-].[NH2-].[NH2-].[NH2-].c1ccc2c(c1)cnc1ccccc12.c1ccc2c(c1)cnc1ccccc12. The zero-order chi connectivity index (χ0) is 55.5. The number of esters is 3. The first-order chi connectivity index (χ1) is 34.8. The summed E-state index contributed by atoms with van der Waals surface area (Å²) < 4.78 is 23.6. The Balaban J connectivity index is -0.0000000552. The molecule has 16 N–H and O–H groups in total. The maximum atomic E-state index is 11.6. The van der Waals surface area contributed by atoms with Crippen LogP contribution in [-0.2, 0) is 99.6 Å². The second-order valence-electron chi connectivity index (χ2n) is 14.6. The summed E-state index contributed by atoms with van der Waals surface area (Å²) in [5, 5.41) is 40.2. The number of nitrogens with zero attached hydrogens (tertiary/aromatic N) is 2. The van der Waals surface area contributed by atoms with Gasteiger partial charge in [-0.05, 0) is 50.6 Å². The summed E-state index contributed by atoms with van der Waals surface area (Å²) in [4.78, 5) is 93.8. The smallest absolute Gasteiger partial charge is 0.0708 e. The van der Waals surface area contributed by atoms with Gasteiger partial charge < -0.3 is 79.7 Å². The standard InChI is InChI=1S/2C13H9N.C12H18O8.C8H14O5.C4H6O4.8CH4.2ClH.4H2N.2H2O.2Pt/c2*1-2-6-11-10(5-1)9-14-13-8-4-3-7-12(11)13;1-7(13)8(2)20-12(17)9(18-3)6-19-11(16)5-4-10(14)15;1-5(10)6(2)13-8(11)7(4-9)12-3;5-3(6)1-2-4(7)8;;;;;;;;;;;;;;;;;;/h2*1-9H;8-9H,4-6H2,1-3H3,(H,14,15);6-7,9H,4H2,1-3H3;1-2H2,(H,5,6)(H,7,8);8*1H4;2*1H;6*1H2;;/q;;;;;;;;;;;;;;;4*-1;;;2*+1/p-2. The molecule has 4 atom stereocenters. The van der Waals surface area contributed by atoms with E-state index in [9.17, 15) is 38.4 Å². The van der Waals surface area contributed by atoms with Crippen LogP contribution in [0, 0.1) is 0 Å². The Hall–Kier alpha value is -6.02. The molecule has 87 heavy (non-hydrogen) atoms. The molecule has 0 aliphatic carbocycles. The summed E-state index contributed by atoms with van der Waals surface area (Å²) in [7, 11) is 11.7. The molecular formula is C58H100Cl2N6O19Pt2-4. The number of Topliss-reactive ketones (excluding diaryl/α,β-unsaturated/α-hetero) is 2. The van der Waals surface area contributed by atoms with Crippen molar-refractivity contribution in [2.75, 3.05) is 27.4 Å². The van der Waals surface area contributed by atoms with Gasteiger partial charge in [-0.15, -0.1) is 0 Å². The molecule has 25 nitrogen and oxygen atoms in total. The number of fused-ring (bicyclic) bond motifs is 6. The van der Waals surface area contributed by atoms with Crippen LogP contribution in [0.15, 0.2) is 109 Å². The first-order valence-electron chi connectivity index (χ1n) is 21.4. The number of methoxy groups -OCH3 is 2. The number of aromatic nitrogens is 2. The molecule has 0 spiro atoms. The fourth-order valence-corrected chi connectivity index (χ4v) is 5.42. The predicted octanol–water partition coefficient (Wildman–Crippen LogP) is 13.8. The van der Waals surface area contributed by atoms with E-state index < -0.39 is 73.4 Å². The van der Waals surface area contributed by atoms with Gasteiger partial charge in [0.1, 0.15) is 6.61 Å². The van der Waals surface area contributed by atoms with Crippen molar-refractivity contribution in [2.24, 2.45) is 0 Å². The quantitative estimate of drug-likeness (QED) is 0.0374. The minimum Gasteiger partial charge on any atom is -0.693 e. The number of pyridine rings is 2. The van der Waals surface area contributed by atoms with Gasteiger partial charge in [0.2, 0.25) is 0 Å². The normalized spacial score (nSPS) is 9.67. The molecule has 0 aliphatic rings. The number of carbonyl (C=O) groups excluding carboxylic acids is 5. The van der Waals surface area contributed by atoms with E-state index in [1.807, 2.05) is 48.8 Å². The third-order valence-electron chi connectivity index (χ3n) is 9.48. The Morgan fingerprint density at radius 1 is 0.471 bits per heavy atom. The summed E-state index contributed by atoms with van der Waals surface area (Å²) >= 11 is 3.22. The van der Waals surface area contributed by atoms with Gasteiger partial charge in [0.05, 0.1) is 43.3 Å². The zero-order valence-corrected chi connectivity index (χ0v) is 49.7. The largest absolute Gasteiger partial charge is 0.693 e. The van der Waals surface area contributed by atoms with Crippen molar-refractivity contribution in [3.63, 3.8) is 0 Å². The Labute approximate surface area is 545 Å². The number of carboxylic acids is 3. The number of carbonyl (C=O) groups is 8. The molecule has 6 rings (SSSR count). The van der Waals surface area contributed by atoms with Gasteiger partial charge in [0.25, 0.3) is 0 Å². The van der Waals surface area contributed by atoms with Crippen molar-refractivity contribution in [3.8, 4) is 0 Å². The van der Waals surface area contributed by atoms with Crippen molar-refractivity contribution in [1.82, 2.24) is 9.97 Å². The van der Waals surface area contributed by atoms with Crippen LogP contribution < -0.4 is 0 Å². The molecule has 2 aromatic heterocycles. The van der Waals surface area contributed by atoms with Crippen LogP contribution >= 0.6 is 18.8 Å². The van der Waals surface area contributed by atoms with Gasteiger partial charge in [-0.1, -0.05) is 144 Å². The number of hydrogen-bond donors (Lipinski definition) is 4. The van der Waals surface area contributed by atoms with E-state index in [2.05, 4.69) is 98.9 Å². The second-order valence-corrected chi connectivity index (χ2v) is 14.6. The van der Waals surface area contributed by atoms with Crippen LogP contribution in [0.2, 0.25) is 0 Å². The molecule has 0 saturated carbocycles. The van der Waals surface area contributed by atoms with Crippen LogP contribution in [0.3, 0.4) is 0 Å². The zero-order valence-electron chi connectivity index (χ0n) is 43.6. The van der Waals surface area contributed by atoms with E-state index >= 15 is 0 Å². The maximum absolute atomic E-state index is 11.6. The van der Waals surface area contributed by atoms with E-state index in [1.54, 1.807) is 37.5 Å².